The van der Waals surface area contributed by atoms with E-state index in [0.29, 0.717) is 16.5 Å². The molecule has 1 atom stereocenters. The number of aromatic nitrogens is 2. The van der Waals surface area contributed by atoms with Crippen molar-refractivity contribution in [2.75, 3.05) is 23.3 Å². The molecule has 11 heteroatoms. The van der Waals surface area contributed by atoms with Crippen LogP contribution in [-0.2, 0) is 16.6 Å². The molecule has 1 saturated heterocycles. The molecular weight excluding hydrogens is 482 g/mol. The summed E-state index contributed by atoms with van der Waals surface area (Å²) in [6, 6.07) is 14.2. The van der Waals surface area contributed by atoms with Crippen LogP contribution >= 0.6 is 22.9 Å². The zero-order valence-electron chi connectivity index (χ0n) is 18.0. The maximum Gasteiger partial charge on any atom is 0.270 e. The Balaban J connectivity index is 1.35. The minimum atomic E-state index is -3.87. The average Bonchev–Trinajstić information content (AvgIpc) is 3.28. The molecule has 3 aromatic rings. The first-order valence-electron chi connectivity index (χ1n) is 10.5. The third-order valence-electron chi connectivity index (χ3n) is 5.39. The van der Waals surface area contributed by atoms with Gasteiger partial charge in [0.05, 0.1) is 0 Å². The van der Waals surface area contributed by atoms with Crippen LogP contribution in [0.15, 0.2) is 52.9 Å². The van der Waals surface area contributed by atoms with Crippen molar-refractivity contribution in [1.82, 2.24) is 14.9 Å². The highest BCUT2D eigenvalue weighted by Crippen LogP contribution is 2.24. The van der Waals surface area contributed by atoms with Gasteiger partial charge in [-0.1, -0.05) is 42.0 Å². The van der Waals surface area contributed by atoms with Gasteiger partial charge in [0, 0.05) is 35.9 Å². The van der Waals surface area contributed by atoms with Crippen molar-refractivity contribution >= 4 is 49.7 Å². The highest BCUT2D eigenvalue weighted by atomic mass is 35.5. The van der Waals surface area contributed by atoms with E-state index >= 15 is 0 Å². The molecule has 8 nitrogen and oxygen atoms in total. The number of carbonyl (C=O) groups excluding carboxylic acids is 1. The van der Waals surface area contributed by atoms with Crippen LogP contribution in [0.5, 0.6) is 0 Å². The second-order valence-electron chi connectivity index (χ2n) is 8.02. The molecule has 0 unspecified atom stereocenters. The molecule has 2 aromatic carbocycles. The number of piperidine rings is 1. The third-order valence-corrected chi connectivity index (χ3v) is 8.25. The standard InChI is InChI=1S/C22H24ClN5O3S2/c1-15-3-2-12-28(14-15)19-10-4-16(5-11-19)13-24-33(30,31)22-27-26-21(32-22)25-20(29)17-6-8-18(23)9-7-17/h4-11,15,24H,2-3,12-14H2,1H3,(H,25,26,29)/t15-/m1/s1. The van der Waals surface area contributed by atoms with E-state index in [9.17, 15) is 13.2 Å². The second-order valence-corrected chi connectivity index (χ2v) is 11.4. The summed E-state index contributed by atoms with van der Waals surface area (Å²) in [6.45, 7) is 4.48. The Morgan fingerprint density at radius 1 is 1.15 bits per heavy atom. The number of hydrogen-bond donors (Lipinski definition) is 2. The number of nitrogens with zero attached hydrogens (tertiary/aromatic N) is 3. The van der Waals surface area contributed by atoms with Gasteiger partial charge in [0.1, 0.15) is 0 Å². The largest absolute Gasteiger partial charge is 0.371 e. The van der Waals surface area contributed by atoms with Gasteiger partial charge < -0.3 is 4.90 Å². The van der Waals surface area contributed by atoms with Crippen molar-refractivity contribution in [3.8, 4) is 0 Å². The van der Waals surface area contributed by atoms with E-state index in [4.69, 9.17) is 11.6 Å². The smallest absolute Gasteiger partial charge is 0.270 e. The maximum atomic E-state index is 12.6. The SMILES string of the molecule is C[C@@H]1CCCN(c2ccc(CNS(=O)(=O)c3nnc(NC(=O)c4ccc(Cl)cc4)s3)cc2)C1. The number of carbonyl (C=O) groups is 1. The summed E-state index contributed by atoms with van der Waals surface area (Å²) in [4.78, 5) is 14.6. The molecule has 2 heterocycles. The van der Waals surface area contributed by atoms with E-state index in [2.05, 4.69) is 32.1 Å². The van der Waals surface area contributed by atoms with Gasteiger partial charge in [-0.3, -0.25) is 10.1 Å². The number of anilines is 2. The van der Waals surface area contributed by atoms with Crippen molar-refractivity contribution in [2.24, 2.45) is 5.92 Å². The van der Waals surface area contributed by atoms with Gasteiger partial charge in [0.2, 0.25) is 9.47 Å². The summed E-state index contributed by atoms with van der Waals surface area (Å²) in [5, 5.41) is 10.6. The van der Waals surface area contributed by atoms with Crippen molar-refractivity contribution in [3.05, 3.63) is 64.7 Å². The Morgan fingerprint density at radius 3 is 2.58 bits per heavy atom. The Morgan fingerprint density at radius 2 is 1.88 bits per heavy atom. The summed E-state index contributed by atoms with van der Waals surface area (Å²) in [5.41, 5.74) is 2.37. The number of amides is 1. The minimum absolute atomic E-state index is 0.0930. The monoisotopic (exact) mass is 505 g/mol. The molecule has 1 aliphatic rings. The van der Waals surface area contributed by atoms with Crippen molar-refractivity contribution < 1.29 is 13.2 Å². The highest BCUT2D eigenvalue weighted by Gasteiger charge is 2.21. The molecule has 33 heavy (non-hydrogen) atoms. The molecule has 174 valence electrons. The van der Waals surface area contributed by atoms with Gasteiger partial charge in [-0.05, 0) is 60.7 Å². The fraction of sp³-hybridized carbons (Fsp3) is 0.318. The Bertz CT molecular complexity index is 1210. The molecule has 0 radical (unpaired) electrons. The van der Waals surface area contributed by atoms with Gasteiger partial charge in [0.15, 0.2) is 0 Å². The first-order valence-corrected chi connectivity index (χ1v) is 13.2. The molecule has 1 amide bonds. The fourth-order valence-electron chi connectivity index (χ4n) is 3.63. The Kier molecular flexibility index (Phi) is 7.28. The number of sulfonamides is 1. The fourth-order valence-corrected chi connectivity index (χ4v) is 5.71. The zero-order valence-corrected chi connectivity index (χ0v) is 20.4. The molecule has 2 N–H and O–H groups in total. The topological polar surface area (TPSA) is 104 Å². The van der Waals surface area contributed by atoms with Crippen molar-refractivity contribution in [3.63, 3.8) is 0 Å². The second kappa shape index (κ2) is 10.2. The van der Waals surface area contributed by atoms with E-state index in [-0.39, 0.29) is 16.0 Å². The third kappa shape index (κ3) is 6.08. The summed E-state index contributed by atoms with van der Waals surface area (Å²) in [6.07, 6.45) is 2.45. The van der Waals surface area contributed by atoms with Crippen LogP contribution < -0.4 is 14.9 Å². The normalized spacial score (nSPS) is 16.5. The summed E-state index contributed by atoms with van der Waals surface area (Å²) >= 11 is 6.61. The molecular formula is C22H24ClN5O3S2. The lowest BCUT2D eigenvalue weighted by Crippen LogP contribution is -2.34. The number of hydrogen-bond acceptors (Lipinski definition) is 7. The predicted molar refractivity (Wildman–Crippen MR) is 130 cm³/mol. The lowest BCUT2D eigenvalue weighted by Gasteiger charge is -2.32. The van der Waals surface area contributed by atoms with Crippen LogP contribution in [-0.4, -0.2) is 37.6 Å². The molecule has 0 bridgehead atoms. The van der Waals surface area contributed by atoms with Gasteiger partial charge in [-0.25, -0.2) is 13.1 Å². The Hall–Kier alpha value is -2.53. The molecule has 4 rings (SSSR count). The first-order chi connectivity index (χ1) is 15.8. The number of halogens is 1. The first kappa shape index (κ1) is 23.6. The Labute approximate surface area is 202 Å². The maximum absolute atomic E-state index is 12.6. The summed E-state index contributed by atoms with van der Waals surface area (Å²) in [5.74, 6) is 0.251. The van der Waals surface area contributed by atoms with Crippen LogP contribution in [0, 0.1) is 5.92 Å². The lowest BCUT2D eigenvalue weighted by molar-refractivity contribution is 0.102. The van der Waals surface area contributed by atoms with E-state index < -0.39 is 15.9 Å². The number of benzene rings is 2. The van der Waals surface area contributed by atoms with E-state index in [1.807, 2.05) is 24.3 Å². The van der Waals surface area contributed by atoms with E-state index in [1.54, 1.807) is 24.3 Å². The lowest BCUT2D eigenvalue weighted by atomic mass is 9.99. The molecule has 1 fully saturated rings. The number of rotatable bonds is 7. The van der Waals surface area contributed by atoms with Crippen molar-refractivity contribution in [1.29, 1.82) is 0 Å². The van der Waals surface area contributed by atoms with Crippen LogP contribution in [0.25, 0.3) is 0 Å². The number of nitrogens with one attached hydrogen (secondary N) is 2. The van der Waals surface area contributed by atoms with Crippen LogP contribution in [0.3, 0.4) is 0 Å². The van der Waals surface area contributed by atoms with E-state index in [0.717, 1.165) is 35.7 Å². The van der Waals surface area contributed by atoms with Gasteiger partial charge >= 0.3 is 0 Å². The molecule has 1 aliphatic heterocycles. The van der Waals surface area contributed by atoms with Gasteiger partial charge in [-0.2, -0.15) is 0 Å². The minimum Gasteiger partial charge on any atom is -0.371 e. The van der Waals surface area contributed by atoms with Crippen LogP contribution in [0.2, 0.25) is 5.02 Å². The van der Waals surface area contributed by atoms with Crippen LogP contribution in [0.1, 0.15) is 35.7 Å². The molecule has 1 aromatic heterocycles. The quantitative estimate of drug-likeness (QED) is 0.467. The summed E-state index contributed by atoms with van der Waals surface area (Å²) in [7, 11) is -3.87. The zero-order chi connectivity index (χ0) is 23.4. The highest BCUT2D eigenvalue weighted by molar-refractivity contribution is 7.91. The van der Waals surface area contributed by atoms with Crippen molar-refractivity contribution in [2.45, 2.75) is 30.6 Å². The molecule has 0 spiro atoms. The van der Waals surface area contributed by atoms with Crippen LogP contribution in [0.4, 0.5) is 10.8 Å². The van der Waals surface area contributed by atoms with E-state index in [1.165, 1.54) is 12.8 Å². The molecule has 0 saturated carbocycles. The van der Waals surface area contributed by atoms with Gasteiger partial charge in [0.25, 0.3) is 15.9 Å². The molecule has 0 aliphatic carbocycles. The predicted octanol–water partition coefficient (Wildman–Crippen LogP) is 4.16. The average molecular weight is 506 g/mol. The van der Waals surface area contributed by atoms with Gasteiger partial charge in [-0.15, -0.1) is 10.2 Å². The summed E-state index contributed by atoms with van der Waals surface area (Å²) < 4.78 is 27.6.